The predicted molar refractivity (Wildman–Crippen MR) is 95.9 cm³/mol. The van der Waals surface area contributed by atoms with Crippen molar-refractivity contribution >= 4 is 24.4 Å². The summed E-state index contributed by atoms with van der Waals surface area (Å²) in [5.41, 5.74) is 2.17. The number of benzene rings is 2. The van der Waals surface area contributed by atoms with Crippen molar-refractivity contribution in [2.24, 2.45) is 0 Å². The standard InChI is InChI=1S/C19H16N2O4/c22-16-5-2-13(11-18(16)24)1-4-15-8-10-21(20-15)9-7-14-3-6-17(23)19(25)12-14/h1-12,22-25H/b4-1+,9-7+. The van der Waals surface area contributed by atoms with E-state index in [4.69, 9.17) is 0 Å². The van der Waals surface area contributed by atoms with Crippen molar-refractivity contribution in [1.29, 1.82) is 0 Å². The minimum absolute atomic E-state index is 0.160. The smallest absolute Gasteiger partial charge is 0.157 e. The molecule has 0 saturated carbocycles. The van der Waals surface area contributed by atoms with Gasteiger partial charge in [-0.3, -0.25) is 0 Å². The first-order valence-electron chi connectivity index (χ1n) is 7.47. The van der Waals surface area contributed by atoms with Gasteiger partial charge < -0.3 is 20.4 Å². The highest BCUT2D eigenvalue weighted by Gasteiger charge is 2.00. The molecular weight excluding hydrogens is 320 g/mol. The largest absolute Gasteiger partial charge is 0.504 e. The fraction of sp³-hybridized carbons (Fsp3) is 0. The van der Waals surface area contributed by atoms with Gasteiger partial charge in [0.05, 0.1) is 5.69 Å². The lowest BCUT2D eigenvalue weighted by molar-refractivity contribution is 0.403. The molecule has 3 rings (SSSR count). The zero-order chi connectivity index (χ0) is 17.8. The van der Waals surface area contributed by atoms with E-state index in [1.54, 1.807) is 47.4 Å². The Kier molecular flexibility index (Phi) is 4.43. The first kappa shape index (κ1) is 16.2. The Morgan fingerprint density at radius 1 is 0.680 bits per heavy atom. The number of hydrogen-bond acceptors (Lipinski definition) is 5. The van der Waals surface area contributed by atoms with E-state index in [0.29, 0.717) is 5.69 Å². The van der Waals surface area contributed by atoms with Gasteiger partial charge in [-0.15, -0.1) is 0 Å². The van der Waals surface area contributed by atoms with Gasteiger partial charge in [0.1, 0.15) is 0 Å². The summed E-state index contributed by atoms with van der Waals surface area (Å²) in [6.45, 7) is 0. The fourth-order valence-corrected chi connectivity index (χ4v) is 2.16. The summed E-state index contributed by atoms with van der Waals surface area (Å²) in [5, 5.41) is 41.9. The Balaban J connectivity index is 1.71. The van der Waals surface area contributed by atoms with Crippen LogP contribution in [0.1, 0.15) is 16.8 Å². The molecule has 3 aromatic rings. The summed E-state index contributed by atoms with van der Waals surface area (Å²) in [5.74, 6) is -0.674. The van der Waals surface area contributed by atoms with E-state index < -0.39 is 0 Å². The molecule has 6 nitrogen and oxygen atoms in total. The highest BCUT2D eigenvalue weighted by molar-refractivity contribution is 5.69. The van der Waals surface area contributed by atoms with Crippen molar-refractivity contribution < 1.29 is 20.4 Å². The van der Waals surface area contributed by atoms with Gasteiger partial charge in [0, 0.05) is 12.4 Å². The number of phenolic OH excluding ortho intramolecular Hbond substituents is 4. The molecule has 0 amide bonds. The van der Waals surface area contributed by atoms with Crippen LogP contribution in [0.15, 0.2) is 48.7 Å². The quantitative estimate of drug-likeness (QED) is 0.547. The molecule has 0 bridgehead atoms. The van der Waals surface area contributed by atoms with Gasteiger partial charge in [0.15, 0.2) is 23.0 Å². The lowest BCUT2D eigenvalue weighted by atomic mass is 10.2. The topological polar surface area (TPSA) is 98.7 Å². The Bertz CT molecular complexity index is 882. The minimum Gasteiger partial charge on any atom is -0.504 e. The third kappa shape index (κ3) is 4.00. The summed E-state index contributed by atoms with van der Waals surface area (Å²) < 4.78 is 1.61. The lowest BCUT2D eigenvalue weighted by Gasteiger charge is -1.98. The van der Waals surface area contributed by atoms with E-state index in [0.717, 1.165) is 11.1 Å². The van der Waals surface area contributed by atoms with Crippen molar-refractivity contribution in [2.45, 2.75) is 0 Å². The molecule has 2 aromatic carbocycles. The molecule has 0 fully saturated rings. The Morgan fingerprint density at radius 2 is 1.28 bits per heavy atom. The summed E-state index contributed by atoms with van der Waals surface area (Å²) in [6.07, 6.45) is 8.79. The van der Waals surface area contributed by atoms with E-state index in [-0.39, 0.29) is 23.0 Å². The lowest BCUT2D eigenvalue weighted by Crippen LogP contribution is -1.86. The first-order valence-corrected chi connectivity index (χ1v) is 7.47. The van der Waals surface area contributed by atoms with Crippen LogP contribution in [0, 0.1) is 0 Å². The molecule has 0 aliphatic carbocycles. The van der Waals surface area contributed by atoms with Gasteiger partial charge in [-0.2, -0.15) is 5.10 Å². The fourth-order valence-electron chi connectivity index (χ4n) is 2.16. The average molecular weight is 336 g/mol. The highest BCUT2D eigenvalue weighted by atomic mass is 16.3. The minimum atomic E-state index is -0.177. The van der Waals surface area contributed by atoms with E-state index in [9.17, 15) is 20.4 Å². The molecule has 0 radical (unpaired) electrons. The number of nitrogens with zero attached hydrogens (tertiary/aromatic N) is 2. The van der Waals surface area contributed by atoms with Crippen molar-refractivity contribution in [3.63, 3.8) is 0 Å². The second-order valence-electron chi connectivity index (χ2n) is 5.37. The average Bonchev–Trinajstić information content (AvgIpc) is 3.05. The van der Waals surface area contributed by atoms with E-state index >= 15 is 0 Å². The van der Waals surface area contributed by atoms with Crippen molar-refractivity contribution in [3.05, 3.63) is 65.5 Å². The first-order chi connectivity index (χ1) is 12.0. The van der Waals surface area contributed by atoms with Gasteiger partial charge >= 0.3 is 0 Å². The number of phenols is 4. The van der Waals surface area contributed by atoms with Crippen LogP contribution in [-0.2, 0) is 0 Å². The van der Waals surface area contributed by atoms with E-state index in [2.05, 4.69) is 5.10 Å². The maximum absolute atomic E-state index is 9.47. The number of hydrogen-bond donors (Lipinski definition) is 4. The molecule has 0 unspecified atom stereocenters. The summed E-state index contributed by atoms with van der Waals surface area (Å²) in [4.78, 5) is 0. The predicted octanol–water partition coefficient (Wildman–Crippen LogP) is 3.50. The molecule has 6 heteroatoms. The Labute approximate surface area is 143 Å². The normalized spacial score (nSPS) is 11.5. The summed E-state index contributed by atoms with van der Waals surface area (Å²) in [6, 6.07) is 10.9. The van der Waals surface area contributed by atoms with Crippen LogP contribution in [-0.4, -0.2) is 30.2 Å². The van der Waals surface area contributed by atoms with Gasteiger partial charge in [-0.05, 0) is 53.6 Å². The molecule has 0 atom stereocenters. The van der Waals surface area contributed by atoms with Gasteiger partial charge in [0.2, 0.25) is 0 Å². The second kappa shape index (κ2) is 6.84. The molecule has 126 valence electrons. The maximum atomic E-state index is 9.47. The van der Waals surface area contributed by atoms with Crippen LogP contribution in [0.2, 0.25) is 0 Å². The Morgan fingerprint density at radius 3 is 1.88 bits per heavy atom. The zero-order valence-electron chi connectivity index (χ0n) is 13.1. The van der Waals surface area contributed by atoms with Crippen LogP contribution >= 0.6 is 0 Å². The van der Waals surface area contributed by atoms with Gasteiger partial charge in [-0.1, -0.05) is 18.2 Å². The van der Waals surface area contributed by atoms with Crippen LogP contribution in [0.25, 0.3) is 24.4 Å². The molecule has 4 N–H and O–H groups in total. The van der Waals surface area contributed by atoms with E-state index in [1.807, 2.05) is 6.07 Å². The van der Waals surface area contributed by atoms with Crippen LogP contribution in [0.5, 0.6) is 23.0 Å². The SMILES string of the molecule is Oc1ccc(/C=C/c2ccn(/C=C/c3ccc(O)c(O)c3)n2)cc1O. The Hall–Kier alpha value is -3.67. The van der Waals surface area contributed by atoms with Crippen molar-refractivity contribution in [3.8, 4) is 23.0 Å². The molecule has 0 saturated heterocycles. The van der Waals surface area contributed by atoms with Crippen LogP contribution in [0.4, 0.5) is 0 Å². The molecule has 1 heterocycles. The number of aromatic hydroxyl groups is 4. The molecule has 0 spiro atoms. The van der Waals surface area contributed by atoms with Crippen LogP contribution in [0.3, 0.4) is 0 Å². The maximum Gasteiger partial charge on any atom is 0.157 e. The molecule has 1 aromatic heterocycles. The van der Waals surface area contributed by atoms with Gasteiger partial charge in [0.25, 0.3) is 0 Å². The molecular formula is C19H16N2O4. The van der Waals surface area contributed by atoms with E-state index in [1.165, 1.54) is 24.3 Å². The van der Waals surface area contributed by atoms with Gasteiger partial charge in [-0.25, -0.2) is 4.68 Å². The van der Waals surface area contributed by atoms with Crippen LogP contribution < -0.4 is 0 Å². The second-order valence-corrected chi connectivity index (χ2v) is 5.37. The van der Waals surface area contributed by atoms with Crippen molar-refractivity contribution in [2.75, 3.05) is 0 Å². The molecule has 25 heavy (non-hydrogen) atoms. The zero-order valence-corrected chi connectivity index (χ0v) is 13.1. The third-order valence-electron chi connectivity index (χ3n) is 3.49. The monoisotopic (exact) mass is 336 g/mol. The number of rotatable bonds is 4. The number of aromatic nitrogens is 2. The molecule has 0 aliphatic rings. The summed E-state index contributed by atoms with van der Waals surface area (Å²) >= 11 is 0. The highest BCUT2D eigenvalue weighted by Crippen LogP contribution is 2.26. The molecule has 0 aliphatic heterocycles. The summed E-state index contributed by atoms with van der Waals surface area (Å²) in [7, 11) is 0. The third-order valence-corrected chi connectivity index (χ3v) is 3.49. The van der Waals surface area contributed by atoms with Crippen molar-refractivity contribution in [1.82, 2.24) is 9.78 Å².